The Bertz CT molecular complexity index is 542. The van der Waals surface area contributed by atoms with E-state index in [9.17, 15) is 18.3 Å². The van der Waals surface area contributed by atoms with Gasteiger partial charge in [-0.2, -0.15) is 0 Å². The van der Waals surface area contributed by atoms with Gasteiger partial charge in [0.25, 0.3) is 0 Å². The van der Waals surface area contributed by atoms with Crippen molar-refractivity contribution in [3.8, 4) is 0 Å². The van der Waals surface area contributed by atoms with E-state index in [1.54, 1.807) is 6.92 Å². The third-order valence-corrected chi connectivity index (χ3v) is 4.21. The molecule has 1 aromatic rings. The highest BCUT2D eigenvalue weighted by atomic mass is 32.2. The maximum atomic E-state index is 11.3. The molecule has 2 unspecified atom stereocenters. The van der Waals surface area contributed by atoms with Crippen LogP contribution in [-0.2, 0) is 14.6 Å². The van der Waals surface area contributed by atoms with Crippen molar-refractivity contribution in [2.45, 2.75) is 30.3 Å². The first kappa shape index (κ1) is 14.7. The van der Waals surface area contributed by atoms with Gasteiger partial charge in [-0.05, 0) is 24.6 Å². The number of aliphatic carboxylic acids is 1. The predicted octanol–water partition coefficient (Wildman–Crippen LogP) is 1.03. The second kappa shape index (κ2) is 4.70. The zero-order valence-corrected chi connectivity index (χ0v) is 11.2. The summed E-state index contributed by atoms with van der Waals surface area (Å²) in [6.07, 6.45) is 1.10. The van der Waals surface area contributed by atoms with Gasteiger partial charge < -0.3 is 10.2 Å². The number of benzene rings is 1. The van der Waals surface area contributed by atoms with E-state index < -0.39 is 27.3 Å². The van der Waals surface area contributed by atoms with Gasteiger partial charge in [0.15, 0.2) is 15.4 Å². The van der Waals surface area contributed by atoms with Crippen LogP contribution in [0.1, 0.15) is 25.3 Å². The van der Waals surface area contributed by atoms with E-state index in [4.69, 9.17) is 5.11 Å². The van der Waals surface area contributed by atoms with Gasteiger partial charge in [-0.3, -0.25) is 0 Å². The molecule has 2 atom stereocenters. The molecular weight excluding hydrogens is 256 g/mol. The van der Waals surface area contributed by atoms with Gasteiger partial charge in [0, 0.05) is 12.2 Å². The van der Waals surface area contributed by atoms with Crippen LogP contribution in [0.2, 0.25) is 0 Å². The van der Waals surface area contributed by atoms with Crippen molar-refractivity contribution in [1.29, 1.82) is 0 Å². The first-order chi connectivity index (χ1) is 8.06. The Balaban J connectivity index is 3.10. The molecule has 6 heteroatoms. The molecule has 100 valence electrons. The number of carboxylic acids is 1. The summed E-state index contributed by atoms with van der Waals surface area (Å²) in [5.41, 5.74) is -1.33. The van der Waals surface area contributed by atoms with E-state index in [0.29, 0.717) is 5.56 Å². The van der Waals surface area contributed by atoms with Gasteiger partial charge in [0.05, 0.1) is 4.90 Å². The molecule has 0 saturated heterocycles. The minimum absolute atomic E-state index is 0.161. The molecule has 0 spiro atoms. The summed E-state index contributed by atoms with van der Waals surface area (Å²) in [4.78, 5) is 11.1. The Morgan fingerprint density at radius 2 is 1.72 bits per heavy atom. The molecular formula is C12H16O5S. The minimum Gasteiger partial charge on any atom is -0.479 e. The maximum Gasteiger partial charge on any atom is 0.336 e. The van der Waals surface area contributed by atoms with Crippen LogP contribution in [0.4, 0.5) is 0 Å². The zero-order chi connectivity index (χ0) is 14.1. The first-order valence-corrected chi connectivity index (χ1v) is 7.21. The second-order valence-electron chi connectivity index (χ2n) is 4.52. The molecule has 0 radical (unpaired) electrons. The van der Waals surface area contributed by atoms with Crippen LogP contribution >= 0.6 is 0 Å². The fourth-order valence-corrected chi connectivity index (χ4v) is 2.14. The Hall–Kier alpha value is -1.40. The van der Waals surface area contributed by atoms with E-state index in [-0.39, 0.29) is 4.90 Å². The topological polar surface area (TPSA) is 91.7 Å². The van der Waals surface area contributed by atoms with Crippen LogP contribution in [0.3, 0.4) is 0 Å². The van der Waals surface area contributed by atoms with Crippen molar-refractivity contribution in [3.05, 3.63) is 29.8 Å². The second-order valence-corrected chi connectivity index (χ2v) is 6.53. The molecule has 1 rings (SSSR count). The van der Waals surface area contributed by atoms with Gasteiger partial charge in [-0.25, -0.2) is 13.2 Å². The first-order valence-electron chi connectivity index (χ1n) is 5.32. The van der Waals surface area contributed by atoms with E-state index in [1.165, 1.54) is 31.2 Å². The van der Waals surface area contributed by atoms with Gasteiger partial charge >= 0.3 is 5.97 Å². The average Bonchev–Trinajstić information content (AvgIpc) is 2.26. The summed E-state index contributed by atoms with van der Waals surface area (Å²) in [5, 5.41) is 18.7. The molecule has 0 bridgehead atoms. The van der Waals surface area contributed by atoms with Crippen LogP contribution in [0, 0.1) is 0 Å². The summed E-state index contributed by atoms with van der Waals surface area (Å²) in [7, 11) is -3.28. The fourth-order valence-electron chi connectivity index (χ4n) is 1.51. The predicted molar refractivity (Wildman–Crippen MR) is 66.2 cm³/mol. The molecule has 0 saturated carbocycles. The summed E-state index contributed by atoms with van der Waals surface area (Å²) in [6, 6.07) is 5.83. The third kappa shape index (κ3) is 2.88. The number of aliphatic hydroxyl groups is 1. The quantitative estimate of drug-likeness (QED) is 0.854. The molecule has 0 fully saturated rings. The SMILES string of the molecule is CC(c1ccc(S(C)(=O)=O)cc1)C(C)(O)C(=O)O. The van der Waals surface area contributed by atoms with E-state index in [1.807, 2.05) is 0 Å². The van der Waals surface area contributed by atoms with Gasteiger partial charge in [0.2, 0.25) is 0 Å². The average molecular weight is 272 g/mol. The summed E-state index contributed by atoms with van der Waals surface area (Å²) in [5.74, 6) is -1.97. The lowest BCUT2D eigenvalue weighted by Crippen LogP contribution is -2.40. The van der Waals surface area contributed by atoms with Crippen molar-refractivity contribution in [1.82, 2.24) is 0 Å². The van der Waals surface area contributed by atoms with Crippen LogP contribution < -0.4 is 0 Å². The number of hydrogen-bond donors (Lipinski definition) is 2. The minimum atomic E-state index is -3.28. The van der Waals surface area contributed by atoms with E-state index in [2.05, 4.69) is 0 Å². The van der Waals surface area contributed by atoms with Crippen LogP contribution in [0.15, 0.2) is 29.2 Å². The molecule has 0 amide bonds. The van der Waals surface area contributed by atoms with Crippen LogP contribution in [-0.4, -0.2) is 36.5 Å². The number of hydrogen-bond acceptors (Lipinski definition) is 4. The third-order valence-electron chi connectivity index (χ3n) is 3.08. The van der Waals surface area contributed by atoms with Gasteiger partial charge in [-0.15, -0.1) is 0 Å². The highest BCUT2D eigenvalue weighted by molar-refractivity contribution is 7.90. The molecule has 18 heavy (non-hydrogen) atoms. The molecule has 0 aromatic heterocycles. The largest absolute Gasteiger partial charge is 0.479 e. The molecule has 0 heterocycles. The lowest BCUT2D eigenvalue weighted by atomic mass is 9.85. The normalized spacial score (nSPS) is 16.9. The Morgan fingerprint density at radius 3 is 2.06 bits per heavy atom. The Labute approximate surface area is 106 Å². The summed E-state index contributed by atoms with van der Waals surface area (Å²) >= 11 is 0. The van der Waals surface area contributed by atoms with Crippen molar-refractivity contribution in [2.24, 2.45) is 0 Å². The zero-order valence-electron chi connectivity index (χ0n) is 10.4. The fraction of sp³-hybridized carbons (Fsp3) is 0.417. The smallest absolute Gasteiger partial charge is 0.336 e. The van der Waals surface area contributed by atoms with Gasteiger partial charge in [0.1, 0.15) is 0 Å². The number of sulfone groups is 1. The van der Waals surface area contributed by atoms with Crippen molar-refractivity contribution in [2.75, 3.05) is 6.26 Å². The lowest BCUT2D eigenvalue weighted by molar-refractivity contribution is -0.158. The number of carboxylic acid groups (broad SMARTS) is 1. The number of rotatable bonds is 4. The summed E-state index contributed by atoms with van der Waals surface area (Å²) in [6.45, 7) is 2.79. The van der Waals surface area contributed by atoms with E-state index in [0.717, 1.165) is 6.26 Å². The monoisotopic (exact) mass is 272 g/mol. The highest BCUT2D eigenvalue weighted by Crippen LogP contribution is 2.28. The van der Waals surface area contributed by atoms with Crippen LogP contribution in [0.25, 0.3) is 0 Å². The van der Waals surface area contributed by atoms with Gasteiger partial charge in [-0.1, -0.05) is 19.1 Å². The molecule has 5 nitrogen and oxygen atoms in total. The van der Waals surface area contributed by atoms with Crippen LogP contribution in [0.5, 0.6) is 0 Å². The molecule has 2 N–H and O–H groups in total. The van der Waals surface area contributed by atoms with Crippen molar-refractivity contribution in [3.63, 3.8) is 0 Å². The van der Waals surface area contributed by atoms with E-state index >= 15 is 0 Å². The molecule has 0 aliphatic heterocycles. The maximum absolute atomic E-state index is 11.3. The summed E-state index contributed by atoms with van der Waals surface area (Å²) < 4.78 is 22.6. The molecule has 0 aliphatic rings. The van der Waals surface area contributed by atoms with Crippen molar-refractivity contribution >= 4 is 15.8 Å². The molecule has 1 aromatic carbocycles. The van der Waals surface area contributed by atoms with Crippen molar-refractivity contribution < 1.29 is 23.4 Å². The lowest BCUT2D eigenvalue weighted by Gasteiger charge is -2.26. The molecule has 0 aliphatic carbocycles. The number of carbonyl (C=O) groups is 1. The Morgan fingerprint density at radius 1 is 1.28 bits per heavy atom. The Kier molecular flexibility index (Phi) is 3.83. The standard InChI is InChI=1S/C12H16O5S/c1-8(12(2,15)11(13)14)9-4-6-10(7-5-9)18(3,16)17/h4-8,15H,1-3H3,(H,13,14). The highest BCUT2D eigenvalue weighted by Gasteiger charge is 2.37.